The molecule has 0 spiro atoms. The van der Waals surface area contributed by atoms with Crippen molar-refractivity contribution < 1.29 is 17.9 Å². The molecule has 0 saturated carbocycles. The average Bonchev–Trinajstić information content (AvgIpc) is 2.62. The van der Waals surface area contributed by atoms with Gasteiger partial charge < -0.3 is 9.47 Å². The molecule has 1 aliphatic rings. The third-order valence-corrected chi connectivity index (χ3v) is 5.86. The Hall–Kier alpha value is -2.11. The van der Waals surface area contributed by atoms with Crippen LogP contribution in [0.5, 0.6) is 0 Å². The minimum Gasteiger partial charge on any atom is -0.468 e. The molecule has 2 atom stereocenters. The van der Waals surface area contributed by atoms with Crippen LogP contribution in [0.3, 0.4) is 0 Å². The van der Waals surface area contributed by atoms with Crippen LogP contribution in [-0.2, 0) is 19.3 Å². The zero-order chi connectivity index (χ0) is 18.6. The largest absolute Gasteiger partial charge is 0.468 e. The predicted molar refractivity (Wildman–Crippen MR) is 101 cm³/mol. The van der Waals surface area contributed by atoms with Gasteiger partial charge in [0, 0.05) is 12.3 Å². The zero-order valence-electron chi connectivity index (χ0n) is 15.0. The normalized spacial score (nSPS) is 20.5. The number of hydrogen-bond acceptors (Lipinski definition) is 4. The predicted octanol–water partition coefficient (Wildman–Crippen LogP) is 4.30. The summed E-state index contributed by atoms with van der Waals surface area (Å²) in [5, 5.41) is 0. The maximum atomic E-state index is 12.7. The van der Waals surface area contributed by atoms with Crippen molar-refractivity contribution in [2.24, 2.45) is 0 Å². The highest BCUT2D eigenvalue weighted by atomic mass is 32.2. The molecule has 0 unspecified atom stereocenters. The van der Waals surface area contributed by atoms with Crippen molar-refractivity contribution in [3.8, 4) is 0 Å². The van der Waals surface area contributed by atoms with Gasteiger partial charge >= 0.3 is 0 Å². The summed E-state index contributed by atoms with van der Waals surface area (Å²) in [7, 11) is -3.47. The van der Waals surface area contributed by atoms with Gasteiger partial charge in [-0.1, -0.05) is 48.5 Å². The molecule has 138 valence electrons. The van der Waals surface area contributed by atoms with Crippen LogP contribution in [0.15, 0.2) is 77.4 Å². The van der Waals surface area contributed by atoms with E-state index in [1.165, 1.54) is 0 Å². The van der Waals surface area contributed by atoms with Gasteiger partial charge in [0.05, 0.1) is 11.0 Å². The number of ether oxygens (including phenoxy) is 2. The van der Waals surface area contributed by atoms with Crippen LogP contribution in [0, 0.1) is 0 Å². The van der Waals surface area contributed by atoms with E-state index in [0.29, 0.717) is 17.1 Å². The molecule has 0 saturated heterocycles. The Kier molecular flexibility index (Phi) is 5.79. The number of allylic oxidation sites excluding steroid dienone is 1. The summed E-state index contributed by atoms with van der Waals surface area (Å²) in [6.45, 7) is 3.89. The summed E-state index contributed by atoms with van der Waals surface area (Å²) in [6, 6.07) is 18.5. The number of rotatable bonds is 6. The smallest absolute Gasteiger partial charge is 0.200 e. The second-order valence-corrected chi connectivity index (χ2v) is 8.68. The van der Waals surface area contributed by atoms with Crippen molar-refractivity contribution >= 4 is 9.84 Å². The molecule has 1 heterocycles. The van der Waals surface area contributed by atoms with Gasteiger partial charge in [-0.2, -0.15) is 0 Å². The molecule has 1 aliphatic heterocycles. The lowest BCUT2D eigenvalue weighted by atomic mass is 9.93. The fourth-order valence-corrected chi connectivity index (χ4v) is 4.33. The van der Waals surface area contributed by atoms with E-state index in [-0.39, 0.29) is 17.8 Å². The summed E-state index contributed by atoms with van der Waals surface area (Å²) >= 11 is 0. The summed E-state index contributed by atoms with van der Waals surface area (Å²) < 4.78 is 37.1. The van der Waals surface area contributed by atoms with E-state index in [1.54, 1.807) is 30.3 Å². The van der Waals surface area contributed by atoms with Crippen molar-refractivity contribution in [3.05, 3.63) is 78.1 Å². The highest BCUT2D eigenvalue weighted by Gasteiger charge is 2.29. The van der Waals surface area contributed by atoms with Crippen molar-refractivity contribution in [1.82, 2.24) is 0 Å². The van der Waals surface area contributed by atoms with Crippen molar-refractivity contribution in [2.75, 3.05) is 5.75 Å². The molecule has 0 fully saturated rings. The summed E-state index contributed by atoms with van der Waals surface area (Å²) in [5.41, 5.74) is 1.13. The number of hydrogen-bond donors (Lipinski definition) is 0. The lowest BCUT2D eigenvalue weighted by Crippen LogP contribution is -2.28. The highest BCUT2D eigenvalue weighted by Crippen LogP contribution is 2.32. The van der Waals surface area contributed by atoms with Crippen molar-refractivity contribution in [2.45, 2.75) is 43.5 Å². The van der Waals surface area contributed by atoms with E-state index < -0.39 is 16.1 Å². The summed E-state index contributed by atoms with van der Waals surface area (Å²) in [5.74, 6) is 0.340. The lowest BCUT2D eigenvalue weighted by Gasteiger charge is -2.31. The van der Waals surface area contributed by atoms with Gasteiger partial charge in [0.2, 0.25) is 6.29 Å². The fraction of sp³-hybridized carbons (Fsp3) is 0.333. The van der Waals surface area contributed by atoms with Crippen molar-refractivity contribution in [1.29, 1.82) is 0 Å². The Labute approximate surface area is 155 Å². The Morgan fingerprint density at radius 3 is 2.27 bits per heavy atom. The third kappa shape index (κ3) is 4.74. The molecule has 0 radical (unpaired) electrons. The Morgan fingerprint density at radius 2 is 1.65 bits per heavy atom. The lowest BCUT2D eigenvalue weighted by molar-refractivity contribution is -0.149. The molecule has 3 rings (SSSR count). The van der Waals surface area contributed by atoms with E-state index in [4.69, 9.17) is 9.47 Å². The molecule has 4 nitrogen and oxygen atoms in total. The highest BCUT2D eigenvalue weighted by molar-refractivity contribution is 7.91. The molecule has 2 aromatic rings. The standard InChI is InChI=1S/C21H24O4S/c1-16(2)24-21-14-18(17-9-5-3-6-10-17)13-19(25-21)15-26(22,23)20-11-7-4-8-12-20/h3-13,16,18,21H,14-15H2,1-2H3/t18-,21+/m0/s1. The van der Waals surface area contributed by atoms with E-state index in [1.807, 2.05) is 50.3 Å². The van der Waals surface area contributed by atoms with Crippen LogP contribution in [-0.4, -0.2) is 26.6 Å². The summed E-state index contributed by atoms with van der Waals surface area (Å²) in [4.78, 5) is 0.299. The van der Waals surface area contributed by atoms with Crippen molar-refractivity contribution in [3.63, 3.8) is 0 Å². The molecule has 0 amide bonds. The average molecular weight is 372 g/mol. The minimum atomic E-state index is -3.47. The monoisotopic (exact) mass is 372 g/mol. The maximum absolute atomic E-state index is 12.7. The fourth-order valence-electron chi connectivity index (χ4n) is 3.06. The van der Waals surface area contributed by atoms with Gasteiger partial charge in [-0.25, -0.2) is 8.42 Å². The van der Waals surface area contributed by atoms with Crippen LogP contribution in [0.25, 0.3) is 0 Å². The van der Waals surface area contributed by atoms with Gasteiger partial charge in [-0.15, -0.1) is 0 Å². The van der Waals surface area contributed by atoms with Crippen LogP contribution in [0.4, 0.5) is 0 Å². The first-order valence-electron chi connectivity index (χ1n) is 8.79. The minimum absolute atomic E-state index is 0.00139. The van der Waals surface area contributed by atoms with E-state index >= 15 is 0 Å². The third-order valence-electron chi connectivity index (χ3n) is 4.20. The second kappa shape index (κ2) is 8.06. The molecular weight excluding hydrogens is 348 g/mol. The molecule has 2 aromatic carbocycles. The van der Waals surface area contributed by atoms with Crippen LogP contribution < -0.4 is 0 Å². The topological polar surface area (TPSA) is 52.6 Å². The van der Waals surface area contributed by atoms with Gasteiger partial charge in [-0.3, -0.25) is 0 Å². The SMILES string of the molecule is CC(C)O[C@H]1C[C@@H](c2ccccc2)C=C(CS(=O)(=O)c2ccccc2)O1. The van der Waals surface area contributed by atoms with Crippen LogP contribution >= 0.6 is 0 Å². The molecule has 5 heteroatoms. The number of sulfone groups is 1. The first-order chi connectivity index (χ1) is 12.4. The maximum Gasteiger partial charge on any atom is 0.200 e. The van der Waals surface area contributed by atoms with E-state index in [2.05, 4.69) is 0 Å². The first kappa shape index (κ1) is 18.7. The molecule has 0 aromatic heterocycles. The van der Waals surface area contributed by atoms with Gasteiger partial charge in [0.25, 0.3) is 0 Å². The molecule has 0 bridgehead atoms. The van der Waals surface area contributed by atoms with E-state index in [0.717, 1.165) is 5.56 Å². The zero-order valence-corrected chi connectivity index (χ0v) is 15.9. The van der Waals surface area contributed by atoms with Gasteiger partial charge in [-0.05, 0) is 37.6 Å². The second-order valence-electron chi connectivity index (χ2n) is 6.69. The molecule has 26 heavy (non-hydrogen) atoms. The first-order valence-corrected chi connectivity index (χ1v) is 10.4. The van der Waals surface area contributed by atoms with Gasteiger partial charge in [0.15, 0.2) is 9.84 Å². The Bertz CT molecular complexity index is 842. The van der Waals surface area contributed by atoms with E-state index in [9.17, 15) is 8.42 Å². The molecule has 0 aliphatic carbocycles. The molecule has 0 N–H and O–H groups in total. The Balaban J connectivity index is 1.87. The molecular formula is C21H24O4S. The Morgan fingerprint density at radius 1 is 1.04 bits per heavy atom. The number of benzene rings is 2. The van der Waals surface area contributed by atoms with Crippen LogP contribution in [0.2, 0.25) is 0 Å². The summed E-state index contributed by atoms with van der Waals surface area (Å²) in [6.07, 6.45) is 2.13. The van der Waals surface area contributed by atoms with Crippen LogP contribution in [0.1, 0.15) is 31.7 Å². The van der Waals surface area contributed by atoms with Gasteiger partial charge in [0.1, 0.15) is 11.5 Å². The quantitative estimate of drug-likeness (QED) is 0.759.